The lowest BCUT2D eigenvalue weighted by atomic mass is 9.96. The molecule has 1 atom stereocenters. The van der Waals surface area contributed by atoms with Crippen molar-refractivity contribution in [2.45, 2.75) is 58.5 Å². The van der Waals surface area contributed by atoms with Crippen molar-refractivity contribution in [3.05, 3.63) is 70.4 Å². The summed E-state index contributed by atoms with van der Waals surface area (Å²) in [5.41, 5.74) is 7.75. The quantitative estimate of drug-likeness (QED) is 0.268. The Labute approximate surface area is 232 Å². The Kier molecular flexibility index (Phi) is 6.65. The molecule has 5 rings (SSSR count). The maximum atomic E-state index is 13.9. The summed E-state index contributed by atoms with van der Waals surface area (Å²) in [6, 6.07) is 7.46. The second-order valence-electron chi connectivity index (χ2n) is 11.1. The fourth-order valence-corrected chi connectivity index (χ4v) is 4.77. The number of nitrogens with zero attached hydrogens (tertiary/aromatic N) is 4. The molecule has 1 aliphatic heterocycles. The second-order valence-corrected chi connectivity index (χ2v) is 11.5. The van der Waals surface area contributed by atoms with Crippen molar-refractivity contribution < 1.29 is 10.2 Å². The maximum Gasteiger partial charge on any atom is 0.262 e. The highest BCUT2D eigenvalue weighted by Gasteiger charge is 2.56. The average Bonchev–Trinajstić information content (AvgIpc) is 3.56. The van der Waals surface area contributed by atoms with Gasteiger partial charge in [0.25, 0.3) is 6.43 Å². The van der Waals surface area contributed by atoms with Crippen LogP contribution in [-0.2, 0) is 0 Å². The molecule has 0 unspecified atom stereocenters. The molecule has 8 nitrogen and oxygen atoms in total. The van der Waals surface area contributed by atoms with Crippen molar-refractivity contribution in [2.24, 2.45) is 5.41 Å². The molecule has 11 heteroatoms. The number of pyridine rings is 2. The summed E-state index contributed by atoms with van der Waals surface area (Å²) >= 11 is 6.69. The monoisotopic (exact) mass is 553 g/mol. The van der Waals surface area contributed by atoms with Gasteiger partial charge in [-0.2, -0.15) is 5.26 Å². The zero-order valence-corrected chi connectivity index (χ0v) is 22.9. The molecule has 0 radical (unpaired) electrons. The van der Waals surface area contributed by atoms with E-state index in [0.717, 1.165) is 0 Å². The largest absolute Gasteiger partial charge is 0.383 e. The van der Waals surface area contributed by atoms with Crippen molar-refractivity contribution in [3.63, 3.8) is 0 Å². The van der Waals surface area contributed by atoms with E-state index < -0.39 is 18.0 Å². The van der Waals surface area contributed by atoms with E-state index in [9.17, 15) is 15.4 Å². The summed E-state index contributed by atoms with van der Waals surface area (Å²) < 4.78 is 37.4. The zero-order valence-electron chi connectivity index (χ0n) is 23.2. The molecule has 0 bridgehead atoms. The van der Waals surface area contributed by atoms with Gasteiger partial charge >= 0.3 is 0 Å². The van der Waals surface area contributed by atoms with Crippen molar-refractivity contribution >= 4 is 33.9 Å². The first-order valence-corrected chi connectivity index (χ1v) is 13.0. The van der Waals surface area contributed by atoms with Gasteiger partial charge < -0.3 is 16.1 Å². The van der Waals surface area contributed by atoms with Crippen LogP contribution in [-0.4, -0.2) is 33.5 Å². The molecule has 1 aliphatic carbocycles. The van der Waals surface area contributed by atoms with E-state index in [0.29, 0.717) is 69.2 Å². The summed E-state index contributed by atoms with van der Waals surface area (Å²) in [5, 5.41) is 18.7. The minimum Gasteiger partial charge on any atom is -0.383 e. The molecule has 2 aliphatic rings. The maximum absolute atomic E-state index is 13.9. The normalized spacial score (nSPS) is 18.2. The number of rotatable bonds is 8. The number of nitriles is 1. The highest BCUT2D eigenvalue weighted by molar-refractivity contribution is 6.35. The third-order valence-electron chi connectivity index (χ3n) is 6.87. The Morgan fingerprint density at radius 1 is 1.31 bits per heavy atom. The van der Waals surface area contributed by atoms with Gasteiger partial charge in [0.15, 0.2) is 0 Å². The number of fused-ring (bicyclic) bond motifs is 1. The SMILES string of the molecule is [2H][C@](Nc1cc(Cl)c2ncc(C#N)c(NCC(C)(C)C)c2c1)(C1=CN(C2(C(F)F)CC2)NN1)c1cccnc1C. The minimum atomic E-state index is -2.55. The Morgan fingerprint density at radius 2 is 2.08 bits per heavy atom. The van der Waals surface area contributed by atoms with Crippen LogP contribution < -0.4 is 21.6 Å². The molecule has 204 valence electrons. The molecule has 3 aromatic rings. The van der Waals surface area contributed by atoms with Gasteiger partial charge in [-0.1, -0.05) is 38.4 Å². The highest BCUT2D eigenvalue weighted by atomic mass is 35.5. The molecule has 0 spiro atoms. The number of benzene rings is 1. The predicted octanol–water partition coefficient (Wildman–Crippen LogP) is 6.04. The number of hydrogen-bond donors (Lipinski definition) is 4. The van der Waals surface area contributed by atoms with Crippen LogP contribution in [0.5, 0.6) is 0 Å². The molecular weight excluding hydrogens is 522 g/mol. The minimum absolute atomic E-state index is 0.0627. The third-order valence-corrected chi connectivity index (χ3v) is 7.16. The van der Waals surface area contributed by atoms with Crippen LogP contribution in [0.3, 0.4) is 0 Å². The van der Waals surface area contributed by atoms with Gasteiger partial charge in [0.1, 0.15) is 11.6 Å². The fourth-order valence-electron chi connectivity index (χ4n) is 4.51. The van der Waals surface area contributed by atoms with Crippen molar-refractivity contribution in [3.8, 4) is 6.07 Å². The lowest BCUT2D eigenvalue weighted by molar-refractivity contribution is 0.00911. The summed E-state index contributed by atoms with van der Waals surface area (Å²) in [5.74, 6) is 0. The van der Waals surface area contributed by atoms with Gasteiger partial charge in [0.2, 0.25) is 0 Å². The van der Waals surface area contributed by atoms with Crippen molar-refractivity contribution in [1.29, 1.82) is 5.26 Å². The first-order chi connectivity index (χ1) is 18.9. The molecule has 1 fully saturated rings. The van der Waals surface area contributed by atoms with Gasteiger partial charge in [-0.15, -0.1) is 5.53 Å². The lowest BCUT2D eigenvalue weighted by Crippen LogP contribution is -2.48. The van der Waals surface area contributed by atoms with Crippen LogP contribution in [0.15, 0.2) is 48.6 Å². The number of anilines is 2. The first-order valence-electron chi connectivity index (χ1n) is 13.2. The number of nitrogens with one attached hydrogen (secondary N) is 4. The van der Waals surface area contributed by atoms with E-state index in [1.54, 1.807) is 37.4 Å². The number of aryl methyl sites for hydroxylation is 1. The molecule has 0 saturated heterocycles. The molecular formula is C28H31ClF2N8. The lowest BCUT2D eigenvalue weighted by Gasteiger charge is -2.25. The highest BCUT2D eigenvalue weighted by Crippen LogP contribution is 2.47. The number of alkyl halides is 2. The summed E-state index contributed by atoms with van der Waals surface area (Å²) in [4.78, 5) is 8.78. The molecule has 2 aromatic heterocycles. The van der Waals surface area contributed by atoms with Crippen molar-refractivity contribution in [2.75, 3.05) is 17.2 Å². The fraction of sp³-hybridized carbons (Fsp3) is 0.393. The van der Waals surface area contributed by atoms with E-state index in [4.69, 9.17) is 11.6 Å². The Hall–Kier alpha value is -3.68. The topological polar surface area (TPSA) is 101 Å². The van der Waals surface area contributed by atoms with Crippen LogP contribution in [0, 0.1) is 23.7 Å². The third kappa shape index (κ3) is 5.29. The van der Waals surface area contributed by atoms with Crippen LogP contribution in [0.2, 0.25) is 5.02 Å². The molecule has 39 heavy (non-hydrogen) atoms. The second kappa shape index (κ2) is 10.1. The van der Waals surface area contributed by atoms with E-state index in [2.05, 4.69) is 58.4 Å². The van der Waals surface area contributed by atoms with Gasteiger partial charge in [-0.3, -0.25) is 15.0 Å². The molecule has 0 amide bonds. The van der Waals surface area contributed by atoms with E-state index in [-0.39, 0.29) is 5.41 Å². The van der Waals surface area contributed by atoms with Gasteiger partial charge in [0.05, 0.1) is 34.9 Å². The average molecular weight is 554 g/mol. The van der Waals surface area contributed by atoms with Gasteiger partial charge in [-0.25, -0.2) is 8.78 Å². The summed E-state index contributed by atoms with van der Waals surface area (Å²) in [6.45, 7) is 8.63. The number of hydrogen-bond acceptors (Lipinski definition) is 8. The summed E-state index contributed by atoms with van der Waals surface area (Å²) in [6.07, 6.45) is 2.76. The molecule has 3 heterocycles. The van der Waals surface area contributed by atoms with Crippen LogP contribution >= 0.6 is 11.6 Å². The smallest absolute Gasteiger partial charge is 0.262 e. The number of hydrazine groups is 2. The Balaban J connectivity index is 1.61. The van der Waals surface area contributed by atoms with Crippen LogP contribution in [0.1, 0.15) is 57.8 Å². The van der Waals surface area contributed by atoms with E-state index in [1.165, 1.54) is 17.4 Å². The predicted molar refractivity (Wildman–Crippen MR) is 149 cm³/mol. The number of halogens is 3. The number of aromatic nitrogens is 2. The van der Waals surface area contributed by atoms with Crippen LogP contribution in [0.4, 0.5) is 20.2 Å². The Morgan fingerprint density at radius 3 is 2.72 bits per heavy atom. The molecule has 1 aromatic carbocycles. The van der Waals surface area contributed by atoms with E-state index in [1.807, 2.05) is 0 Å². The molecule has 4 N–H and O–H groups in total. The van der Waals surface area contributed by atoms with Gasteiger partial charge in [-0.05, 0) is 43.4 Å². The van der Waals surface area contributed by atoms with Crippen molar-refractivity contribution in [1.82, 2.24) is 25.9 Å². The van der Waals surface area contributed by atoms with Gasteiger partial charge in [0, 0.05) is 47.5 Å². The zero-order chi connectivity index (χ0) is 28.9. The summed E-state index contributed by atoms with van der Waals surface area (Å²) in [7, 11) is 0. The Bertz CT molecular complexity index is 1530. The molecule has 1 saturated carbocycles. The van der Waals surface area contributed by atoms with Crippen LogP contribution in [0.25, 0.3) is 10.9 Å². The first kappa shape index (κ1) is 25.6. The van der Waals surface area contributed by atoms with E-state index >= 15 is 0 Å². The standard InChI is InChI=1S/C28H31ClF2N8/c1-16-19(6-5-9-33-16)25(22-14-39(38-37-22)28(7-8-28)26(30)31)36-18-10-20-23(35-15-27(2,3)4)17(12-32)13-34-24(20)21(29)11-18/h5-6,9-11,13-14,25-26,36-38H,7-8,15H2,1-4H3,(H,34,35)/t25-/m1/s1/i25D.